The van der Waals surface area contributed by atoms with Gasteiger partial charge in [0.2, 0.25) is 0 Å². The summed E-state index contributed by atoms with van der Waals surface area (Å²) < 4.78 is 0. The first-order valence-corrected chi connectivity index (χ1v) is 6.25. The minimum Gasteiger partial charge on any atom is -0.0654 e. The third-order valence-corrected chi connectivity index (χ3v) is 4.03. The molecule has 0 bridgehead atoms. The van der Waals surface area contributed by atoms with E-state index in [1.54, 1.807) is 0 Å². The van der Waals surface area contributed by atoms with E-state index in [4.69, 9.17) is 0 Å². The molecule has 0 nitrogen and oxygen atoms in total. The predicted molar refractivity (Wildman–Crippen MR) is 59.8 cm³/mol. The van der Waals surface area contributed by atoms with Gasteiger partial charge < -0.3 is 0 Å². The second-order valence-electron chi connectivity index (χ2n) is 5.02. The molecule has 1 rings (SSSR count). The van der Waals surface area contributed by atoms with Crippen LogP contribution in [-0.4, -0.2) is 0 Å². The van der Waals surface area contributed by atoms with Gasteiger partial charge in [0.25, 0.3) is 0 Å². The smallest absolute Gasteiger partial charge is 0.0386 e. The second-order valence-corrected chi connectivity index (χ2v) is 5.02. The average Bonchev–Trinajstić information content (AvgIpc) is 2.12. The molecule has 13 heavy (non-hydrogen) atoms. The normalized spacial score (nSPS) is 36.7. The minimum absolute atomic E-state index is 0.969. The van der Waals surface area contributed by atoms with Crippen LogP contribution in [-0.2, 0) is 0 Å². The summed E-state index contributed by atoms with van der Waals surface area (Å²) in [4.78, 5) is 0. The van der Waals surface area contributed by atoms with Gasteiger partial charge in [-0.05, 0) is 17.8 Å². The highest BCUT2D eigenvalue weighted by molar-refractivity contribution is 4.74. The maximum atomic E-state index is 2.48. The van der Waals surface area contributed by atoms with Gasteiger partial charge in [0.15, 0.2) is 0 Å². The SMILES string of the molecule is CCCC1CCCCC[C@H](C)[C@H]1C. The summed E-state index contributed by atoms with van der Waals surface area (Å²) in [6, 6.07) is 0. The van der Waals surface area contributed by atoms with Crippen LogP contribution in [0.2, 0.25) is 0 Å². The van der Waals surface area contributed by atoms with Crippen molar-refractivity contribution < 1.29 is 0 Å². The lowest BCUT2D eigenvalue weighted by atomic mass is 9.75. The van der Waals surface area contributed by atoms with Gasteiger partial charge in [0, 0.05) is 0 Å². The Morgan fingerprint density at radius 1 is 1.00 bits per heavy atom. The third kappa shape index (κ3) is 3.32. The molecule has 1 aliphatic rings. The molecule has 0 radical (unpaired) electrons. The van der Waals surface area contributed by atoms with E-state index in [2.05, 4.69) is 20.8 Å². The number of hydrogen-bond acceptors (Lipinski definition) is 0. The van der Waals surface area contributed by atoms with Crippen LogP contribution in [0.25, 0.3) is 0 Å². The predicted octanol–water partition coefficient (Wildman–Crippen LogP) is 4.64. The molecule has 0 aromatic heterocycles. The zero-order valence-corrected chi connectivity index (χ0v) is 9.68. The van der Waals surface area contributed by atoms with Gasteiger partial charge in [-0.2, -0.15) is 0 Å². The molecule has 0 saturated heterocycles. The van der Waals surface area contributed by atoms with Crippen molar-refractivity contribution in [3.63, 3.8) is 0 Å². The summed E-state index contributed by atoms with van der Waals surface area (Å²) in [6.07, 6.45) is 10.3. The molecule has 0 heteroatoms. The summed E-state index contributed by atoms with van der Waals surface area (Å²) in [7, 11) is 0. The molecular formula is C13H26. The molecule has 1 fully saturated rings. The van der Waals surface area contributed by atoms with E-state index in [1.165, 1.54) is 44.9 Å². The molecule has 1 unspecified atom stereocenters. The van der Waals surface area contributed by atoms with E-state index in [0.29, 0.717) is 0 Å². The van der Waals surface area contributed by atoms with Crippen LogP contribution in [0, 0.1) is 17.8 Å². The third-order valence-electron chi connectivity index (χ3n) is 4.03. The van der Waals surface area contributed by atoms with Crippen molar-refractivity contribution in [3.8, 4) is 0 Å². The summed E-state index contributed by atoms with van der Waals surface area (Å²) in [5, 5.41) is 0. The number of rotatable bonds is 2. The summed E-state index contributed by atoms with van der Waals surface area (Å²) >= 11 is 0. The lowest BCUT2D eigenvalue weighted by molar-refractivity contribution is 0.199. The lowest BCUT2D eigenvalue weighted by Crippen LogP contribution is -2.20. The van der Waals surface area contributed by atoms with Crippen molar-refractivity contribution in [3.05, 3.63) is 0 Å². The van der Waals surface area contributed by atoms with Crippen LogP contribution in [0.4, 0.5) is 0 Å². The Labute approximate surface area is 84.1 Å². The highest BCUT2D eigenvalue weighted by atomic mass is 14.3. The maximum Gasteiger partial charge on any atom is -0.0386 e. The van der Waals surface area contributed by atoms with Crippen LogP contribution < -0.4 is 0 Å². The van der Waals surface area contributed by atoms with Gasteiger partial charge in [-0.1, -0.05) is 65.7 Å². The summed E-state index contributed by atoms with van der Waals surface area (Å²) in [5.74, 6) is 2.97. The highest BCUT2D eigenvalue weighted by Gasteiger charge is 2.23. The molecule has 0 heterocycles. The van der Waals surface area contributed by atoms with Crippen LogP contribution in [0.15, 0.2) is 0 Å². The quantitative estimate of drug-likeness (QED) is 0.583. The first-order valence-electron chi connectivity index (χ1n) is 6.25. The lowest BCUT2D eigenvalue weighted by Gasteiger charge is -2.31. The van der Waals surface area contributed by atoms with E-state index in [0.717, 1.165) is 17.8 Å². The molecule has 0 N–H and O–H groups in total. The van der Waals surface area contributed by atoms with Crippen molar-refractivity contribution >= 4 is 0 Å². The Balaban J connectivity index is 2.46. The molecule has 1 saturated carbocycles. The van der Waals surface area contributed by atoms with Gasteiger partial charge in [-0.3, -0.25) is 0 Å². The van der Waals surface area contributed by atoms with Crippen molar-refractivity contribution in [2.45, 2.75) is 65.7 Å². The molecule has 0 aromatic carbocycles. The monoisotopic (exact) mass is 182 g/mol. The zero-order valence-electron chi connectivity index (χ0n) is 9.68. The fourth-order valence-electron chi connectivity index (χ4n) is 2.82. The second kappa shape index (κ2) is 5.67. The molecule has 0 aliphatic heterocycles. The first kappa shape index (κ1) is 11.1. The van der Waals surface area contributed by atoms with E-state index < -0.39 is 0 Å². The van der Waals surface area contributed by atoms with E-state index in [1.807, 2.05) is 0 Å². The van der Waals surface area contributed by atoms with Gasteiger partial charge in [-0.25, -0.2) is 0 Å². The summed E-state index contributed by atoms with van der Waals surface area (Å²) in [6.45, 7) is 7.27. The summed E-state index contributed by atoms with van der Waals surface area (Å²) in [5.41, 5.74) is 0. The number of hydrogen-bond donors (Lipinski definition) is 0. The fraction of sp³-hybridized carbons (Fsp3) is 1.00. The van der Waals surface area contributed by atoms with Gasteiger partial charge in [-0.15, -0.1) is 0 Å². The maximum absolute atomic E-state index is 2.48. The molecule has 0 aromatic rings. The van der Waals surface area contributed by atoms with E-state index in [9.17, 15) is 0 Å². The Bertz CT molecular complexity index is 128. The molecule has 78 valence electrons. The molecule has 0 amide bonds. The van der Waals surface area contributed by atoms with Crippen LogP contribution >= 0.6 is 0 Å². The largest absolute Gasteiger partial charge is 0.0654 e. The Kier molecular flexibility index (Phi) is 4.83. The Morgan fingerprint density at radius 2 is 1.69 bits per heavy atom. The van der Waals surface area contributed by atoms with E-state index >= 15 is 0 Å². The van der Waals surface area contributed by atoms with Crippen molar-refractivity contribution in [2.75, 3.05) is 0 Å². The van der Waals surface area contributed by atoms with Crippen LogP contribution in [0.1, 0.15) is 65.7 Å². The van der Waals surface area contributed by atoms with Gasteiger partial charge in [0.1, 0.15) is 0 Å². The molecule has 1 aliphatic carbocycles. The van der Waals surface area contributed by atoms with Crippen molar-refractivity contribution in [2.24, 2.45) is 17.8 Å². The topological polar surface area (TPSA) is 0 Å². The Hall–Kier alpha value is 0. The molecular weight excluding hydrogens is 156 g/mol. The minimum atomic E-state index is 0.969. The Morgan fingerprint density at radius 3 is 2.38 bits per heavy atom. The highest BCUT2D eigenvalue weighted by Crippen LogP contribution is 2.34. The molecule has 3 atom stereocenters. The van der Waals surface area contributed by atoms with Crippen molar-refractivity contribution in [1.29, 1.82) is 0 Å². The zero-order chi connectivity index (χ0) is 9.68. The van der Waals surface area contributed by atoms with Crippen LogP contribution in [0.3, 0.4) is 0 Å². The van der Waals surface area contributed by atoms with Gasteiger partial charge in [0.05, 0.1) is 0 Å². The average molecular weight is 182 g/mol. The first-order chi connectivity index (χ1) is 6.25. The molecule has 0 spiro atoms. The van der Waals surface area contributed by atoms with Crippen molar-refractivity contribution in [1.82, 2.24) is 0 Å². The fourth-order valence-corrected chi connectivity index (χ4v) is 2.82. The van der Waals surface area contributed by atoms with Crippen LogP contribution in [0.5, 0.6) is 0 Å². The standard InChI is InChI=1S/C13H26/c1-4-8-13-10-7-5-6-9-11(2)12(13)3/h11-13H,4-10H2,1-3H3/t11-,12+,13?/m0/s1. The van der Waals surface area contributed by atoms with E-state index in [-0.39, 0.29) is 0 Å². The van der Waals surface area contributed by atoms with Gasteiger partial charge >= 0.3 is 0 Å².